The van der Waals surface area contributed by atoms with Crippen molar-refractivity contribution in [3.8, 4) is 0 Å². The third-order valence-electron chi connectivity index (χ3n) is 4.21. The number of hydrogen-bond acceptors (Lipinski definition) is 6. The SMILES string of the molecule is NS(=O)(=O)c1ccc([N+](=O)[O-])cc1N1CCC(n2cc(Cl)cn2)CC1. The van der Waals surface area contributed by atoms with Gasteiger partial charge in [0.25, 0.3) is 5.69 Å². The molecule has 0 unspecified atom stereocenters. The monoisotopic (exact) mass is 385 g/mol. The molecular formula is C14H16ClN5O4S. The minimum Gasteiger partial charge on any atom is -0.370 e. The number of nitro groups is 1. The highest BCUT2D eigenvalue weighted by molar-refractivity contribution is 7.89. The average Bonchev–Trinajstić information content (AvgIpc) is 3.00. The smallest absolute Gasteiger partial charge is 0.271 e. The normalized spacial score (nSPS) is 16.2. The quantitative estimate of drug-likeness (QED) is 0.633. The number of sulfonamides is 1. The van der Waals surface area contributed by atoms with Gasteiger partial charge in [0, 0.05) is 31.4 Å². The number of non-ortho nitro benzene ring substituents is 1. The van der Waals surface area contributed by atoms with Crippen LogP contribution < -0.4 is 10.0 Å². The van der Waals surface area contributed by atoms with Gasteiger partial charge < -0.3 is 4.90 Å². The van der Waals surface area contributed by atoms with E-state index in [1.165, 1.54) is 12.1 Å². The fourth-order valence-electron chi connectivity index (χ4n) is 2.99. The second kappa shape index (κ2) is 6.62. The molecule has 1 fully saturated rings. The lowest BCUT2D eigenvalue weighted by molar-refractivity contribution is -0.384. The fourth-order valence-corrected chi connectivity index (χ4v) is 3.87. The number of benzene rings is 1. The number of aromatic nitrogens is 2. The molecule has 3 rings (SSSR count). The molecule has 2 heterocycles. The lowest BCUT2D eigenvalue weighted by Gasteiger charge is -2.34. The van der Waals surface area contributed by atoms with Crippen LogP contribution in [-0.2, 0) is 10.0 Å². The van der Waals surface area contributed by atoms with Gasteiger partial charge in [-0.3, -0.25) is 14.8 Å². The Bertz CT molecular complexity index is 906. The van der Waals surface area contributed by atoms with Gasteiger partial charge >= 0.3 is 0 Å². The molecule has 2 N–H and O–H groups in total. The lowest BCUT2D eigenvalue weighted by Crippen LogP contribution is -2.36. The van der Waals surface area contributed by atoms with Gasteiger partial charge in [-0.05, 0) is 18.9 Å². The number of anilines is 1. The summed E-state index contributed by atoms with van der Waals surface area (Å²) in [4.78, 5) is 12.1. The molecule has 9 nitrogen and oxygen atoms in total. The number of nitro benzene ring substituents is 1. The summed E-state index contributed by atoms with van der Waals surface area (Å²) in [5, 5.41) is 21.0. The van der Waals surface area contributed by atoms with Crippen LogP contribution in [0.3, 0.4) is 0 Å². The van der Waals surface area contributed by atoms with Crippen LogP contribution in [0.5, 0.6) is 0 Å². The summed E-state index contributed by atoms with van der Waals surface area (Å²) in [5.74, 6) is 0. The largest absolute Gasteiger partial charge is 0.370 e. The molecule has 2 aromatic rings. The van der Waals surface area contributed by atoms with E-state index in [9.17, 15) is 18.5 Å². The first-order chi connectivity index (χ1) is 11.8. The van der Waals surface area contributed by atoms with E-state index >= 15 is 0 Å². The molecule has 1 aliphatic rings. The molecule has 0 radical (unpaired) electrons. The molecule has 0 atom stereocenters. The molecule has 1 aromatic carbocycles. The first kappa shape index (κ1) is 17.6. The Morgan fingerprint density at radius 3 is 2.52 bits per heavy atom. The maximum Gasteiger partial charge on any atom is 0.271 e. The van der Waals surface area contributed by atoms with Crippen molar-refractivity contribution < 1.29 is 13.3 Å². The molecule has 0 bridgehead atoms. The summed E-state index contributed by atoms with van der Waals surface area (Å²) < 4.78 is 25.4. The second-order valence-corrected chi connectivity index (χ2v) is 7.78. The van der Waals surface area contributed by atoms with E-state index in [1.807, 2.05) is 0 Å². The van der Waals surface area contributed by atoms with Crippen molar-refractivity contribution in [2.24, 2.45) is 5.14 Å². The van der Waals surface area contributed by atoms with Gasteiger partial charge in [0.2, 0.25) is 10.0 Å². The number of nitrogens with two attached hydrogens (primary N) is 1. The van der Waals surface area contributed by atoms with E-state index in [2.05, 4.69) is 5.10 Å². The Morgan fingerprint density at radius 1 is 1.32 bits per heavy atom. The summed E-state index contributed by atoms with van der Waals surface area (Å²) in [5.41, 5.74) is 0.0806. The highest BCUT2D eigenvalue weighted by Gasteiger charge is 2.27. The molecular weight excluding hydrogens is 370 g/mol. The standard InChI is InChI=1S/C14H16ClN5O4S/c15-10-8-17-19(9-10)11-3-5-18(6-4-11)13-7-12(20(21)22)1-2-14(13)25(16,23)24/h1-2,7-9,11H,3-6H2,(H2,16,23,24). The summed E-state index contributed by atoms with van der Waals surface area (Å²) in [6.07, 6.45) is 4.70. The van der Waals surface area contributed by atoms with Crippen LogP contribution in [0.1, 0.15) is 18.9 Å². The van der Waals surface area contributed by atoms with Gasteiger partial charge in [0.1, 0.15) is 4.90 Å². The van der Waals surface area contributed by atoms with Gasteiger partial charge in [-0.2, -0.15) is 5.10 Å². The van der Waals surface area contributed by atoms with Gasteiger partial charge in [0.05, 0.1) is 27.9 Å². The van der Waals surface area contributed by atoms with Crippen LogP contribution in [0.4, 0.5) is 11.4 Å². The molecule has 134 valence electrons. The first-order valence-electron chi connectivity index (χ1n) is 7.51. The second-order valence-electron chi connectivity index (χ2n) is 5.81. The number of halogens is 1. The van der Waals surface area contributed by atoms with Crippen molar-refractivity contribution in [1.29, 1.82) is 0 Å². The molecule has 25 heavy (non-hydrogen) atoms. The zero-order chi connectivity index (χ0) is 18.2. The van der Waals surface area contributed by atoms with E-state index in [0.29, 0.717) is 31.0 Å². The predicted octanol–water partition coefficient (Wildman–Crippen LogP) is 1.93. The van der Waals surface area contributed by atoms with Crippen LogP contribution in [-0.4, -0.2) is 36.2 Å². The minimum atomic E-state index is -3.99. The number of piperidine rings is 1. The van der Waals surface area contributed by atoms with E-state index in [4.69, 9.17) is 16.7 Å². The Balaban J connectivity index is 1.86. The van der Waals surface area contributed by atoms with Gasteiger partial charge in [0.15, 0.2) is 0 Å². The molecule has 0 aliphatic carbocycles. The van der Waals surface area contributed by atoms with Crippen LogP contribution in [0, 0.1) is 10.1 Å². The molecule has 0 amide bonds. The Hall–Kier alpha value is -2.17. The Labute approximate surface area is 149 Å². The van der Waals surface area contributed by atoms with Crippen LogP contribution in [0.2, 0.25) is 5.02 Å². The van der Waals surface area contributed by atoms with Crippen LogP contribution in [0.25, 0.3) is 0 Å². The summed E-state index contributed by atoms with van der Waals surface area (Å²) in [6, 6.07) is 3.72. The Kier molecular flexibility index (Phi) is 4.67. The first-order valence-corrected chi connectivity index (χ1v) is 9.44. The molecule has 1 aromatic heterocycles. The van der Waals surface area contributed by atoms with E-state index in [0.717, 1.165) is 6.07 Å². The minimum absolute atomic E-state index is 0.112. The highest BCUT2D eigenvalue weighted by Crippen LogP contribution is 2.33. The highest BCUT2D eigenvalue weighted by atomic mass is 35.5. The third kappa shape index (κ3) is 3.75. The molecule has 1 aliphatic heterocycles. The zero-order valence-electron chi connectivity index (χ0n) is 13.1. The molecule has 0 saturated carbocycles. The number of rotatable bonds is 4. The van der Waals surface area contributed by atoms with Crippen molar-refractivity contribution in [1.82, 2.24) is 9.78 Å². The van der Waals surface area contributed by atoms with Crippen molar-refractivity contribution in [2.75, 3.05) is 18.0 Å². The number of primary sulfonamides is 1. The van der Waals surface area contributed by atoms with E-state index in [-0.39, 0.29) is 22.3 Å². The zero-order valence-corrected chi connectivity index (χ0v) is 14.7. The summed E-state index contributed by atoms with van der Waals surface area (Å²) >= 11 is 5.88. The van der Waals surface area contributed by atoms with Gasteiger partial charge in [-0.15, -0.1) is 0 Å². The van der Waals surface area contributed by atoms with Crippen LogP contribution in [0.15, 0.2) is 35.5 Å². The maximum atomic E-state index is 11.8. The van der Waals surface area contributed by atoms with Crippen LogP contribution >= 0.6 is 11.6 Å². The molecule has 1 saturated heterocycles. The fraction of sp³-hybridized carbons (Fsp3) is 0.357. The van der Waals surface area contributed by atoms with Crippen molar-refractivity contribution in [2.45, 2.75) is 23.8 Å². The van der Waals surface area contributed by atoms with Crippen molar-refractivity contribution >= 4 is 33.0 Å². The topological polar surface area (TPSA) is 124 Å². The summed E-state index contributed by atoms with van der Waals surface area (Å²) in [7, 11) is -3.99. The van der Waals surface area contributed by atoms with Crippen molar-refractivity contribution in [3.63, 3.8) is 0 Å². The lowest BCUT2D eigenvalue weighted by atomic mass is 10.0. The molecule has 11 heteroatoms. The predicted molar refractivity (Wildman–Crippen MR) is 92.2 cm³/mol. The van der Waals surface area contributed by atoms with E-state index < -0.39 is 14.9 Å². The number of nitrogens with zero attached hydrogens (tertiary/aromatic N) is 4. The van der Waals surface area contributed by atoms with Crippen molar-refractivity contribution in [3.05, 3.63) is 45.7 Å². The third-order valence-corrected chi connectivity index (χ3v) is 5.36. The molecule has 0 spiro atoms. The number of hydrogen-bond donors (Lipinski definition) is 1. The van der Waals surface area contributed by atoms with Gasteiger partial charge in [-0.25, -0.2) is 13.6 Å². The summed E-state index contributed by atoms with van der Waals surface area (Å²) in [6.45, 7) is 1.04. The Morgan fingerprint density at radius 2 is 2.00 bits per heavy atom. The van der Waals surface area contributed by atoms with Gasteiger partial charge in [-0.1, -0.05) is 11.6 Å². The van der Waals surface area contributed by atoms with E-state index in [1.54, 1.807) is 22.0 Å². The average molecular weight is 386 g/mol. The maximum absolute atomic E-state index is 11.8.